The van der Waals surface area contributed by atoms with E-state index in [9.17, 15) is 26.7 Å². The van der Waals surface area contributed by atoms with Crippen molar-refractivity contribution in [2.75, 3.05) is 6.54 Å². The van der Waals surface area contributed by atoms with Crippen LogP contribution < -0.4 is 11.1 Å². The first-order valence-corrected chi connectivity index (χ1v) is 10.2. The Labute approximate surface area is 174 Å². The average molecular weight is 446 g/mol. The summed E-state index contributed by atoms with van der Waals surface area (Å²) in [5, 5.41) is 6.63. The Morgan fingerprint density at radius 2 is 2.00 bits per heavy atom. The summed E-state index contributed by atoms with van der Waals surface area (Å²) in [6.45, 7) is -0.417. The molecule has 1 aliphatic carbocycles. The van der Waals surface area contributed by atoms with Gasteiger partial charge < -0.3 is 11.1 Å². The average Bonchev–Trinajstić information content (AvgIpc) is 3.11. The molecule has 0 spiro atoms. The fourth-order valence-electron chi connectivity index (χ4n) is 4.33. The van der Waals surface area contributed by atoms with Gasteiger partial charge in [-0.05, 0) is 25.2 Å². The van der Waals surface area contributed by atoms with Gasteiger partial charge in [0.15, 0.2) is 0 Å². The van der Waals surface area contributed by atoms with E-state index in [1.807, 2.05) is 0 Å². The molecule has 3 atom stereocenters. The van der Waals surface area contributed by atoms with Crippen LogP contribution in [0.5, 0.6) is 0 Å². The summed E-state index contributed by atoms with van der Waals surface area (Å²) in [7, 11) is 0. The number of fused-ring (bicyclic) bond motifs is 1. The number of carbonyl (C=O) groups is 1. The number of hydrogen-bond acceptors (Lipinski definition) is 5. The van der Waals surface area contributed by atoms with Gasteiger partial charge in [-0.25, -0.2) is 23.3 Å². The van der Waals surface area contributed by atoms with Crippen LogP contribution in [-0.2, 0) is 11.2 Å². The zero-order valence-electron chi connectivity index (χ0n) is 16.6. The molecule has 2 fully saturated rings. The highest BCUT2D eigenvalue weighted by molar-refractivity contribution is 5.79. The van der Waals surface area contributed by atoms with Crippen molar-refractivity contribution >= 4 is 11.7 Å². The Hall–Kier alpha value is -2.37. The van der Waals surface area contributed by atoms with Gasteiger partial charge in [0.25, 0.3) is 5.78 Å². The number of piperidine rings is 1. The SMILES string of the molecule is N[C@H](c1cn2nc(C[C@H]3C[C@@H](C(F)(F)F)CNC3=O)cnc2n1)C1CCC(F)(F)CC1. The number of nitrogens with two attached hydrogens (primary N) is 1. The number of amides is 1. The number of alkyl halides is 5. The Kier molecular flexibility index (Phi) is 5.61. The van der Waals surface area contributed by atoms with E-state index >= 15 is 0 Å². The van der Waals surface area contributed by atoms with Gasteiger partial charge in [0, 0.05) is 31.7 Å². The smallest absolute Gasteiger partial charge is 0.355 e. The number of aromatic nitrogens is 4. The summed E-state index contributed by atoms with van der Waals surface area (Å²) in [4.78, 5) is 20.5. The third kappa shape index (κ3) is 4.78. The molecule has 2 aliphatic rings. The van der Waals surface area contributed by atoms with Crippen molar-refractivity contribution in [1.29, 1.82) is 0 Å². The minimum Gasteiger partial charge on any atom is -0.355 e. The first kappa shape index (κ1) is 21.8. The molecule has 2 aromatic rings. The van der Waals surface area contributed by atoms with Crippen molar-refractivity contribution < 1.29 is 26.7 Å². The lowest BCUT2D eigenvalue weighted by atomic mass is 9.81. The minimum absolute atomic E-state index is 0.0125. The Morgan fingerprint density at radius 1 is 1.29 bits per heavy atom. The van der Waals surface area contributed by atoms with Gasteiger partial charge in [-0.3, -0.25) is 4.79 Å². The molecule has 1 aliphatic heterocycles. The third-order valence-electron chi connectivity index (χ3n) is 6.25. The van der Waals surface area contributed by atoms with E-state index in [0.717, 1.165) is 0 Å². The second kappa shape index (κ2) is 7.95. The van der Waals surface area contributed by atoms with Crippen LogP contribution in [-0.4, -0.2) is 44.1 Å². The zero-order chi connectivity index (χ0) is 22.4. The van der Waals surface area contributed by atoms with E-state index < -0.39 is 42.4 Å². The third-order valence-corrected chi connectivity index (χ3v) is 6.25. The number of hydrogen-bond donors (Lipinski definition) is 2. The monoisotopic (exact) mass is 446 g/mol. The second-order valence-corrected chi connectivity index (χ2v) is 8.50. The number of carbonyl (C=O) groups excluding carboxylic acids is 1. The first-order chi connectivity index (χ1) is 14.5. The van der Waals surface area contributed by atoms with E-state index in [1.165, 1.54) is 10.7 Å². The molecule has 4 rings (SSSR count). The van der Waals surface area contributed by atoms with Crippen LogP contribution in [0.3, 0.4) is 0 Å². The Balaban J connectivity index is 1.47. The molecular weight excluding hydrogens is 423 g/mol. The number of nitrogens with zero attached hydrogens (tertiary/aromatic N) is 4. The lowest BCUT2D eigenvalue weighted by Gasteiger charge is -2.31. The molecule has 1 saturated heterocycles. The Morgan fingerprint density at radius 3 is 2.68 bits per heavy atom. The first-order valence-electron chi connectivity index (χ1n) is 10.2. The summed E-state index contributed by atoms with van der Waals surface area (Å²) < 4.78 is 67.2. The molecule has 7 nitrogen and oxygen atoms in total. The highest BCUT2D eigenvalue weighted by Gasteiger charge is 2.44. The second-order valence-electron chi connectivity index (χ2n) is 8.50. The van der Waals surface area contributed by atoms with Crippen LogP contribution in [0.4, 0.5) is 22.0 Å². The molecule has 0 bridgehead atoms. The summed E-state index contributed by atoms with van der Waals surface area (Å²) in [5.74, 6) is -5.42. The van der Waals surface area contributed by atoms with E-state index in [4.69, 9.17) is 5.73 Å². The number of imidazole rings is 1. The van der Waals surface area contributed by atoms with Crippen LogP contribution in [0.25, 0.3) is 5.78 Å². The molecule has 1 amide bonds. The number of rotatable bonds is 4. The summed E-state index contributed by atoms with van der Waals surface area (Å²) in [5.41, 5.74) is 7.07. The normalized spacial score (nSPS) is 26.1. The van der Waals surface area contributed by atoms with Crippen LogP contribution in [0.2, 0.25) is 0 Å². The van der Waals surface area contributed by atoms with Gasteiger partial charge in [0.2, 0.25) is 11.8 Å². The summed E-state index contributed by atoms with van der Waals surface area (Å²) in [6, 6.07) is -0.542. The molecule has 0 unspecified atom stereocenters. The van der Waals surface area contributed by atoms with Crippen molar-refractivity contribution in [2.45, 2.75) is 56.7 Å². The molecular formula is C19H23F5N6O. The van der Waals surface area contributed by atoms with Gasteiger partial charge in [0.05, 0.1) is 35.7 Å². The van der Waals surface area contributed by atoms with Crippen molar-refractivity contribution in [3.05, 3.63) is 23.8 Å². The van der Waals surface area contributed by atoms with Gasteiger partial charge in [-0.1, -0.05) is 0 Å². The van der Waals surface area contributed by atoms with E-state index in [2.05, 4.69) is 20.4 Å². The van der Waals surface area contributed by atoms with Crippen molar-refractivity contribution in [3.8, 4) is 0 Å². The number of halogens is 5. The van der Waals surface area contributed by atoms with E-state index in [0.29, 0.717) is 24.2 Å². The van der Waals surface area contributed by atoms with Crippen LogP contribution in [0, 0.1) is 17.8 Å². The summed E-state index contributed by atoms with van der Waals surface area (Å²) >= 11 is 0. The minimum atomic E-state index is -4.37. The fourth-order valence-corrected chi connectivity index (χ4v) is 4.33. The van der Waals surface area contributed by atoms with Crippen LogP contribution >= 0.6 is 0 Å². The molecule has 3 N–H and O–H groups in total. The maximum atomic E-state index is 13.4. The fraction of sp³-hybridized carbons (Fsp3) is 0.684. The molecule has 0 aromatic carbocycles. The molecule has 31 heavy (non-hydrogen) atoms. The topological polar surface area (TPSA) is 98.2 Å². The number of nitrogens with one attached hydrogen (secondary N) is 1. The maximum absolute atomic E-state index is 13.4. The van der Waals surface area contributed by atoms with Gasteiger partial charge >= 0.3 is 6.18 Å². The molecule has 170 valence electrons. The zero-order valence-corrected chi connectivity index (χ0v) is 16.6. The largest absolute Gasteiger partial charge is 0.393 e. The van der Waals surface area contributed by atoms with Gasteiger partial charge in [-0.15, -0.1) is 0 Å². The van der Waals surface area contributed by atoms with Crippen molar-refractivity contribution in [2.24, 2.45) is 23.5 Å². The molecule has 2 aromatic heterocycles. The van der Waals surface area contributed by atoms with Crippen molar-refractivity contribution in [3.63, 3.8) is 0 Å². The lowest BCUT2D eigenvalue weighted by molar-refractivity contribution is -0.183. The van der Waals surface area contributed by atoms with E-state index in [1.54, 1.807) is 6.20 Å². The maximum Gasteiger partial charge on any atom is 0.393 e. The predicted octanol–water partition coefficient (Wildman–Crippen LogP) is 2.81. The summed E-state index contributed by atoms with van der Waals surface area (Å²) in [6.07, 6.45) is -1.55. The van der Waals surface area contributed by atoms with Crippen LogP contribution in [0.15, 0.2) is 12.4 Å². The standard InChI is InChI=1S/C19H23F5N6O/c20-18(21)3-1-10(2-4-18)15(25)14-9-30-17(28-14)27-8-13(29-30)6-11-5-12(19(22,23)24)7-26-16(11)31/h8-12,15H,1-7,25H2,(H,26,31)/t11-,12-,15+/m1/s1. The molecule has 1 saturated carbocycles. The van der Waals surface area contributed by atoms with Gasteiger partial charge in [-0.2, -0.15) is 18.3 Å². The highest BCUT2D eigenvalue weighted by Crippen LogP contribution is 2.40. The molecule has 12 heteroatoms. The van der Waals surface area contributed by atoms with E-state index in [-0.39, 0.29) is 37.4 Å². The van der Waals surface area contributed by atoms with Crippen LogP contribution in [0.1, 0.15) is 49.5 Å². The highest BCUT2D eigenvalue weighted by atomic mass is 19.4. The van der Waals surface area contributed by atoms with Gasteiger partial charge in [0.1, 0.15) is 0 Å². The molecule has 0 radical (unpaired) electrons. The quantitative estimate of drug-likeness (QED) is 0.704. The lowest BCUT2D eigenvalue weighted by Crippen LogP contribution is -2.47. The predicted molar refractivity (Wildman–Crippen MR) is 99.0 cm³/mol. The Bertz CT molecular complexity index is 951. The van der Waals surface area contributed by atoms with Crippen molar-refractivity contribution in [1.82, 2.24) is 24.9 Å². The molecule has 3 heterocycles.